The number of allylic oxidation sites excluding steroid dienone is 4. The van der Waals surface area contributed by atoms with Crippen LogP contribution in [0.1, 0.15) is 45.6 Å². The lowest BCUT2D eigenvalue weighted by molar-refractivity contribution is -0.113. The number of nitrogens with one attached hydrogen (secondary N) is 1. The van der Waals surface area contributed by atoms with E-state index in [-0.39, 0.29) is 11.2 Å². The average molecular weight is 462 g/mol. The zero-order valence-electron chi connectivity index (χ0n) is 19.4. The summed E-state index contributed by atoms with van der Waals surface area (Å²) in [6.07, 6.45) is 5.35. The van der Waals surface area contributed by atoms with E-state index in [0.717, 1.165) is 33.9 Å². The van der Waals surface area contributed by atoms with Crippen LogP contribution in [0.5, 0.6) is 0 Å². The number of anilines is 1. The predicted octanol–water partition coefficient (Wildman–Crippen LogP) is 5.27. The maximum absolute atomic E-state index is 12.8. The Bertz CT molecular complexity index is 1430. The number of rotatable bonds is 4. The van der Waals surface area contributed by atoms with Crippen molar-refractivity contribution in [3.8, 4) is 11.1 Å². The summed E-state index contributed by atoms with van der Waals surface area (Å²) in [5.41, 5.74) is 5.17. The molecule has 0 aliphatic heterocycles. The number of nitrogens with zero attached hydrogens (tertiary/aromatic N) is 2. The lowest BCUT2D eigenvalue weighted by Crippen LogP contribution is -2.18. The van der Waals surface area contributed by atoms with E-state index in [1.807, 2.05) is 49.4 Å². The van der Waals surface area contributed by atoms with E-state index in [1.165, 1.54) is 0 Å². The first kappa shape index (κ1) is 22.9. The van der Waals surface area contributed by atoms with Crippen molar-refractivity contribution in [3.05, 3.63) is 71.7 Å². The maximum Gasteiger partial charge on any atom is 0.229 e. The predicted molar refractivity (Wildman–Crippen MR) is 133 cm³/mol. The second-order valence-corrected chi connectivity index (χ2v) is 11.3. The Morgan fingerprint density at radius 1 is 0.939 bits per heavy atom. The van der Waals surface area contributed by atoms with Crippen molar-refractivity contribution in [1.82, 2.24) is 9.97 Å². The fraction of sp³-hybridized carbons (Fsp3) is 0.269. The van der Waals surface area contributed by atoms with Crippen molar-refractivity contribution >= 4 is 38.0 Å². The van der Waals surface area contributed by atoms with Gasteiger partial charge in [0.2, 0.25) is 10.0 Å². The highest BCUT2D eigenvalue weighted by Gasteiger charge is 2.24. The van der Waals surface area contributed by atoms with Crippen LogP contribution in [0.4, 0.5) is 5.69 Å². The molecule has 0 bridgehead atoms. The normalized spacial score (nSPS) is 14.8. The third-order valence-corrected chi connectivity index (χ3v) is 6.03. The summed E-state index contributed by atoms with van der Waals surface area (Å²) >= 11 is 0. The van der Waals surface area contributed by atoms with E-state index in [4.69, 9.17) is 9.97 Å². The van der Waals surface area contributed by atoms with Crippen molar-refractivity contribution in [2.75, 3.05) is 11.0 Å². The fourth-order valence-electron chi connectivity index (χ4n) is 3.73. The Kier molecular flexibility index (Phi) is 5.70. The Balaban J connectivity index is 1.84. The van der Waals surface area contributed by atoms with Crippen molar-refractivity contribution in [2.45, 2.75) is 39.5 Å². The van der Waals surface area contributed by atoms with Gasteiger partial charge in [-0.3, -0.25) is 9.52 Å². The van der Waals surface area contributed by atoms with Gasteiger partial charge in [-0.1, -0.05) is 50.6 Å². The molecular formula is C26H27N3O3S. The van der Waals surface area contributed by atoms with E-state index in [9.17, 15) is 13.2 Å². The molecule has 1 aromatic heterocycles. The SMILES string of the molecule is CC1=CC=C(c2nc(C(C)(C)C)nc3cc(-c4ccc(NS(C)(=O)=O)cc4)ccc23)C(=O)C1. The number of ketones is 1. The van der Waals surface area contributed by atoms with Crippen molar-refractivity contribution in [3.63, 3.8) is 0 Å². The number of hydrogen-bond donors (Lipinski definition) is 1. The largest absolute Gasteiger partial charge is 0.294 e. The molecule has 0 fully saturated rings. The van der Waals surface area contributed by atoms with Crippen LogP contribution in [0.2, 0.25) is 0 Å². The van der Waals surface area contributed by atoms with Crippen molar-refractivity contribution in [1.29, 1.82) is 0 Å². The van der Waals surface area contributed by atoms with Crippen LogP contribution in [-0.2, 0) is 20.2 Å². The topological polar surface area (TPSA) is 89.0 Å². The molecule has 1 aliphatic rings. The first-order chi connectivity index (χ1) is 15.4. The van der Waals surface area contributed by atoms with E-state index in [2.05, 4.69) is 25.5 Å². The molecule has 0 saturated carbocycles. The van der Waals surface area contributed by atoms with Gasteiger partial charge in [0.1, 0.15) is 5.82 Å². The van der Waals surface area contributed by atoms with Crippen LogP contribution in [0.3, 0.4) is 0 Å². The molecule has 4 rings (SSSR count). The summed E-state index contributed by atoms with van der Waals surface area (Å²) < 4.78 is 25.4. The number of aromatic nitrogens is 2. The van der Waals surface area contributed by atoms with Crippen LogP contribution in [0.25, 0.3) is 27.6 Å². The smallest absolute Gasteiger partial charge is 0.229 e. The minimum atomic E-state index is -3.33. The van der Waals surface area contributed by atoms with Gasteiger partial charge in [0.25, 0.3) is 0 Å². The van der Waals surface area contributed by atoms with Crippen molar-refractivity contribution in [2.24, 2.45) is 0 Å². The Morgan fingerprint density at radius 2 is 1.61 bits per heavy atom. The number of fused-ring (bicyclic) bond motifs is 1. The molecule has 1 heterocycles. The molecule has 7 heteroatoms. The number of hydrogen-bond acceptors (Lipinski definition) is 5. The van der Waals surface area contributed by atoms with Gasteiger partial charge in [-0.15, -0.1) is 0 Å². The second-order valence-electron chi connectivity index (χ2n) is 9.52. The minimum Gasteiger partial charge on any atom is -0.294 e. The van der Waals surface area contributed by atoms with Crippen LogP contribution in [-0.4, -0.2) is 30.4 Å². The minimum absolute atomic E-state index is 0.0629. The quantitative estimate of drug-likeness (QED) is 0.572. The number of carbonyl (C=O) groups excluding carboxylic acids is 1. The van der Waals surface area contributed by atoms with Gasteiger partial charge in [0.05, 0.1) is 17.5 Å². The molecule has 3 aromatic rings. The first-order valence-corrected chi connectivity index (χ1v) is 12.6. The van der Waals surface area contributed by atoms with Gasteiger partial charge in [0.15, 0.2) is 5.78 Å². The molecule has 0 amide bonds. The summed E-state index contributed by atoms with van der Waals surface area (Å²) in [6.45, 7) is 8.11. The Morgan fingerprint density at radius 3 is 2.21 bits per heavy atom. The summed E-state index contributed by atoms with van der Waals surface area (Å²) in [4.78, 5) is 22.5. The van der Waals surface area contributed by atoms with E-state index >= 15 is 0 Å². The summed E-state index contributed by atoms with van der Waals surface area (Å²) in [5.74, 6) is 0.739. The van der Waals surface area contributed by atoms with Gasteiger partial charge in [0, 0.05) is 28.5 Å². The van der Waals surface area contributed by atoms with Crippen LogP contribution in [0.15, 0.2) is 60.2 Å². The molecule has 1 N–H and O–H groups in total. The molecular weight excluding hydrogens is 434 g/mol. The second kappa shape index (κ2) is 8.23. The molecule has 1 aliphatic carbocycles. The maximum atomic E-state index is 12.8. The van der Waals surface area contributed by atoms with Crippen LogP contribution < -0.4 is 4.72 Å². The van der Waals surface area contributed by atoms with Gasteiger partial charge in [-0.25, -0.2) is 18.4 Å². The standard InChI is InChI=1S/C26H27N3O3S/c1-16-6-12-21(23(30)14-16)24-20-13-9-18(15-22(20)27-25(28-24)26(2,3)4)17-7-10-19(11-8-17)29-33(5,31)32/h6-13,15,29H,14H2,1-5H3. The number of sulfonamides is 1. The Hall–Kier alpha value is -3.32. The molecule has 33 heavy (non-hydrogen) atoms. The lowest BCUT2D eigenvalue weighted by Gasteiger charge is -2.20. The molecule has 0 unspecified atom stereocenters. The fourth-order valence-corrected chi connectivity index (χ4v) is 4.30. The summed E-state index contributed by atoms with van der Waals surface area (Å²) in [6, 6.07) is 13.1. The summed E-state index contributed by atoms with van der Waals surface area (Å²) in [7, 11) is -3.33. The van der Waals surface area contributed by atoms with Gasteiger partial charge < -0.3 is 0 Å². The zero-order chi connectivity index (χ0) is 24.0. The molecule has 0 saturated heterocycles. The zero-order valence-corrected chi connectivity index (χ0v) is 20.2. The third kappa shape index (κ3) is 5.03. The number of benzene rings is 2. The highest BCUT2D eigenvalue weighted by molar-refractivity contribution is 7.92. The van der Waals surface area contributed by atoms with Crippen molar-refractivity contribution < 1.29 is 13.2 Å². The molecule has 0 atom stereocenters. The average Bonchev–Trinajstić information content (AvgIpc) is 2.71. The molecule has 0 spiro atoms. The molecule has 2 aromatic carbocycles. The van der Waals surface area contributed by atoms with Gasteiger partial charge >= 0.3 is 0 Å². The van der Waals surface area contributed by atoms with Crippen LogP contribution in [0, 0.1) is 0 Å². The number of Topliss-reactive ketones (excluding diaryl/α,β-unsaturated/α-hetero) is 1. The Labute approximate surface area is 194 Å². The van der Waals surface area contributed by atoms with Crippen LogP contribution >= 0.6 is 0 Å². The molecule has 170 valence electrons. The van der Waals surface area contributed by atoms with E-state index in [1.54, 1.807) is 12.1 Å². The van der Waals surface area contributed by atoms with Gasteiger partial charge in [-0.2, -0.15) is 0 Å². The monoisotopic (exact) mass is 461 g/mol. The van der Waals surface area contributed by atoms with E-state index in [0.29, 0.717) is 29.2 Å². The molecule has 6 nitrogen and oxygen atoms in total. The third-order valence-electron chi connectivity index (χ3n) is 5.42. The van der Waals surface area contributed by atoms with E-state index < -0.39 is 10.0 Å². The summed E-state index contributed by atoms with van der Waals surface area (Å²) in [5, 5.41) is 0.828. The first-order valence-electron chi connectivity index (χ1n) is 10.7. The highest BCUT2D eigenvalue weighted by atomic mass is 32.2. The lowest BCUT2D eigenvalue weighted by atomic mass is 9.91. The highest BCUT2D eigenvalue weighted by Crippen LogP contribution is 2.33. The van der Waals surface area contributed by atoms with Gasteiger partial charge in [-0.05, 0) is 48.4 Å². The molecule has 0 radical (unpaired) electrons. The number of carbonyl (C=O) groups is 1.